The molecule has 31 heavy (non-hydrogen) atoms. The summed E-state index contributed by atoms with van der Waals surface area (Å²) in [5.41, 5.74) is 1.70. The van der Waals surface area contributed by atoms with Crippen molar-refractivity contribution in [3.63, 3.8) is 0 Å². The van der Waals surface area contributed by atoms with Gasteiger partial charge in [0.1, 0.15) is 12.4 Å². The normalized spacial score (nSPS) is 18.6. The second kappa shape index (κ2) is 10.9. The van der Waals surface area contributed by atoms with Gasteiger partial charge in [0.05, 0.1) is 5.97 Å². The monoisotopic (exact) mass is 414 g/mol. The van der Waals surface area contributed by atoms with Crippen LogP contribution in [0.1, 0.15) is 52.0 Å². The van der Waals surface area contributed by atoms with Gasteiger partial charge in [0.25, 0.3) is 5.91 Å². The number of likely N-dealkylation sites (tertiary alicyclic amines) is 2. The maximum atomic E-state index is 13.0. The summed E-state index contributed by atoms with van der Waals surface area (Å²) >= 11 is 0. The number of carboxylic acids is 1. The van der Waals surface area contributed by atoms with E-state index in [0.29, 0.717) is 24.0 Å². The number of ether oxygens (including phenoxy) is 1. The number of nitrogens with zero attached hydrogens (tertiary/aromatic N) is 2. The number of carbonyl (C=O) groups is 2. The van der Waals surface area contributed by atoms with E-state index in [0.717, 1.165) is 44.6 Å². The standard InChI is InChI=1S/C24H28N2O4.Li/c27-23(26-15-3-4-21(26)16-25-13-1-2-14-25)19-9-11-22(12-10-19)30-17-18-5-7-20(8-6-18)24(28)29;/h5-12,21H,1-4,13-17H2,(H,28,29);/q;+1/p-1/t21-;/m0./s1. The van der Waals surface area contributed by atoms with Gasteiger partial charge in [0, 0.05) is 24.7 Å². The van der Waals surface area contributed by atoms with Crippen molar-refractivity contribution in [2.45, 2.75) is 38.3 Å². The largest absolute Gasteiger partial charge is 1.00 e. The van der Waals surface area contributed by atoms with Gasteiger partial charge in [-0.15, -0.1) is 0 Å². The molecule has 4 rings (SSSR count). The van der Waals surface area contributed by atoms with E-state index < -0.39 is 5.97 Å². The maximum Gasteiger partial charge on any atom is 1.00 e. The Morgan fingerprint density at radius 3 is 2.19 bits per heavy atom. The van der Waals surface area contributed by atoms with Crippen LogP contribution in [0.3, 0.4) is 0 Å². The molecule has 2 fully saturated rings. The molecule has 1 atom stereocenters. The number of hydrogen-bond acceptors (Lipinski definition) is 5. The third-order valence-electron chi connectivity index (χ3n) is 6.00. The second-order valence-electron chi connectivity index (χ2n) is 8.10. The average Bonchev–Trinajstić information content (AvgIpc) is 3.45. The van der Waals surface area contributed by atoms with Gasteiger partial charge in [-0.3, -0.25) is 4.79 Å². The SMILES string of the molecule is O=C([O-])c1ccc(COc2ccc(C(=O)N3CCC[C@H]3CN3CCCC3)cc2)cc1.[Li+]. The summed E-state index contributed by atoms with van der Waals surface area (Å²) in [5, 5.41) is 10.8. The fraction of sp³-hybridized carbons (Fsp3) is 0.417. The number of rotatable bonds is 7. The van der Waals surface area contributed by atoms with Crippen LogP contribution in [-0.2, 0) is 6.61 Å². The molecule has 2 heterocycles. The number of benzene rings is 2. The number of amides is 1. The molecule has 6 nitrogen and oxygen atoms in total. The minimum absolute atomic E-state index is 0. The van der Waals surface area contributed by atoms with Crippen LogP contribution in [0.2, 0.25) is 0 Å². The summed E-state index contributed by atoms with van der Waals surface area (Å²) in [6.45, 7) is 4.45. The zero-order chi connectivity index (χ0) is 20.9. The van der Waals surface area contributed by atoms with Gasteiger partial charge in [0.15, 0.2) is 0 Å². The molecule has 0 unspecified atom stereocenters. The average molecular weight is 414 g/mol. The summed E-state index contributed by atoms with van der Waals surface area (Å²) in [6, 6.07) is 14.0. The fourth-order valence-corrected chi connectivity index (χ4v) is 4.32. The van der Waals surface area contributed by atoms with E-state index in [1.165, 1.54) is 25.0 Å². The first kappa shape index (κ1) is 23.4. The first-order valence-electron chi connectivity index (χ1n) is 10.7. The Morgan fingerprint density at radius 2 is 1.55 bits per heavy atom. The smallest absolute Gasteiger partial charge is 0.545 e. The molecule has 0 bridgehead atoms. The zero-order valence-corrected chi connectivity index (χ0v) is 18.1. The molecule has 2 saturated heterocycles. The molecule has 7 heteroatoms. The summed E-state index contributed by atoms with van der Waals surface area (Å²) in [5.74, 6) is -0.421. The minimum atomic E-state index is -1.19. The van der Waals surface area contributed by atoms with Gasteiger partial charge < -0.3 is 24.4 Å². The van der Waals surface area contributed by atoms with Crippen molar-refractivity contribution in [2.24, 2.45) is 0 Å². The van der Waals surface area contributed by atoms with Crippen molar-refractivity contribution in [3.8, 4) is 5.75 Å². The molecular formula is C24H27LiN2O4. The Hall–Kier alpha value is -2.26. The maximum absolute atomic E-state index is 13.0. The van der Waals surface area contributed by atoms with E-state index in [-0.39, 0.29) is 30.3 Å². The number of aromatic carboxylic acids is 1. The number of hydrogen-bond donors (Lipinski definition) is 0. The minimum Gasteiger partial charge on any atom is -0.545 e. The summed E-state index contributed by atoms with van der Waals surface area (Å²) in [6.07, 6.45) is 4.69. The fourth-order valence-electron chi connectivity index (χ4n) is 4.32. The predicted octanol–water partition coefficient (Wildman–Crippen LogP) is -0.666. The van der Waals surface area contributed by atoms with E-state index in [9.17, 15) is 14.7 Å². The van der Waals surface area contributed by atoms with Crippen molar-refractivity contribution in [3.05, 3.63) is 65.2 Å². The van der Waals surface area contributed by atoms with Crippen molar-refractivity contribution >= 4 is 11.9 Å². The Bertz CT molecular complexity index is 879. The van der Waals surface area contributed by atoms with Crippen LogP contribution in [0.15, 0.2) is 48.5 Å². The van der Waals surface area contributed by atoms with Crippen LogP contribution in [-0.4, -0.2) is 53.9 Å². The van der Waals surface area contributed by atoms with Gasteiger partial charge >= 0.3 is 18.9 Å². The van der Waals surface area contributed by atoms with Gasteiger partial charge in [-0.2, -0.15) is 0 Å². The van der Waals surface area contributed by atoms with E-state index >= 15 is 0 Å². The Morgan fingerprint density at radius 1 is 0.903 bits per heavy atom. The van der Waals surface area contributed by atoms with Crippen molar-refractivity contribution < 1.29 is 38.3 Å². The zero-order valence-electron chi connectivity index (χ0n) is 18.1. The predicted molar refractivity (Wildman–Crippen MR) is 111 cm³/mol. The first-order chi connectivity index (χ1) is 14.6. The molecule has 158 valence electrons. The van der Waals surface area contributed by atoms with E-state index in [1.807, 2.05) is 29.2 Å². The molecule has 0 aliphatic carbocycles. The summed E-state index contributed by atoms with van der Waals surface area (Å²) in [7, 11) is 0. The summed E-state index contributed by atoms with van der Waals surface area (Å²) < 4.78 is 5.77. The quantitative estimate of drug-likeness (QED) is 0.563. The number of carboxylic acid groups (broad SMARTS) is 1. The Balaban J connectivity index is 0.00000272. The third-order valence-corrected chi connectivity index (χ3v) is 6.00. The molecule has 2 aliphatic rings. The van der Waals surface area contributed by atoms with Gasteiger partial charge in [-0.25, -0.2) is 0 Å². The van der Waals surface area contributed by atoms with E-state index in [4.69, 9.17) is 4.74 Å². The van der Waals surface area contributed by atoms with Crippen molar-refractivity contribution in [1.82, 2.24) is 9.80 Å². The topological polar surface area (TPSA) is 72.9 Å². The van der Waals surface area contributed by atoms with Crippen LogP contribution in [0, 0.1) is 0 Å². The molecule has 0 spiro atoms. The molecule has 0 aromatic heterocycles. The molecule has 0 radical (unpaired) electrons. The summed E-state index contributed by atoms with van der Waals surface area (Å²) in [4.78, 5) is 28.3. The van der Waals surface area contributed by atoms with Gasteiger partial charge in [0.2, 0.25) is 0 Å². The first-order valence-corrected chi connectivity index (χ1v) is 10.7. The molecule has 1 amide bonds. The van der Waals surface area contributed by atoms with Gasteiger partial charge in [-0.05, 0) is 74.2 Å². The van der Waals surface area contributed by atoms with Crippen LogP contribution in [0.25, 0.3) is 0 Å². The van der Waals surface area contributed by atoms with Gasteiger partial charge in [-0.1, -0.05) is 24.3 Å². The third kappa shape index (κ3) is 5.91. The van der Waals surface area contributed by atoms with Crippen LogP contribution >= 0.6 is 0 Å². The molecule has 2 aliphatic heterocycles. The Kier molecular flexibility index (Phi) is 8.20. The van der Waals surface area contributed by atoms with E-state index in [1.54, 1.807) is 12.1 Å². The molecule has 0 N–H and O–H groups in total. The van der Waals surface area contributed by atoms with Crippen molar-refractivity contribution in [1.29, 1.82) is 0 Å². The molecule has 2 aromatic carbocycles. The molecular weight excluding hydrogens is 387 g/mol. The second-order valence-corrected chi connectivity index (χ2v) is 8.10. The van der Waals surface area contributed by atoms with Crippen LogP contribution < -0.4 is 28.7 Å². The van der Waals surface area contributed by atoms with Crippen LogP contribution in [0.4, 0.5) is 0 Å². The van der Waals surface area contributed by atoms with Crippen molar-refractivity contribution in [2.75, 3.05) is 26.2 Å². The number of carbonyl (C=O) groups excluding carboxylic acids is 2. The van der Waals surface area contributed by atoms with E-state index in [2.05, 4.69) is 4.90 Å². The molecule has 2 aromatic rings. The molecule has 0 saturated carbocycles. The Labute approximate surface area is 195 Å². The van der Waals surface area contributed by atoms with Crippen LogP contribution in [0.5, 0.6) is 5.75 Å².